The van der Waals surface area contributed by atoms with Gasteiger partial charge >= 0.3 is 0 Å². The zero-order valence-electron chi connectivity index (χ0n) is 12.6. The van der Waals surface area contributed by atoms with Crippen LogP contribution in [0.5, 0.6) is 0 Å². The fourth-order valence-corrected chi connectivity index (χ4v) is 2.89. The summed E-state index contributed by atoms with van der Waals surface area (Å²) in [5, 5.41) is 2.92. The predicted octanol–water partition coefficient (Wildman–Crippen LogP) is 3.92. The van der Waals surface area contributed by atoms with E-state index in [0.717, 1.165) is 16.1 Å². The molecule has 3 nitrogen and oxygen atoms in total. The molecular formula is C17H20N2OS. The molecule has 21 heavy (non-hydrogen) atoms. The summed E-state index contributed by atoms with van der Waals surface area (Å²) in [5.41, 5.74) is 10.6. The van der Waals surface area contributed by atoms with Gasteiger partial charge in [0, 0.05) is 16.3 Å². The molecule has 0 fully saturated rings. The van der Waals surface area contributed by atoms with Crippen molar-refractivity contribution in [1.82, 2.24) is 0 Å². The Balaban J connectivity index is 1.99. The molecule has 0 bridgehead atoms. The average Bonchev–Trinajstić information content (AvgIpc) is 2.44. The van der Waals surface area contributed by atoms with Crippen LogP contribution in [0.1, 0.15) is 16.7 Å². The quantitative estimate of drug-likeness (QED) is 0.664. The summed E-state index contributed by atoms with van der Waals surface area (Å²) in [7, 11) is 0. The van der Waals surface area contributed by atoms with Gasteiger partial charge in [-0.2, -0.15) is 0 Å². The van der Waals surface area contributed by atoms with E-state index in [9.17, 15) is 4.79 Å². The van der Waals surface area contributed by atoms with Gasteiger partial charge in [-0.05, 0) is 50.1 Å². The van der Waals surface area contributed by atoms with Crippen LogP contribution in [0.25, 0.3) is 0 Å². The van der Waals surface area contributed by atoms with E-state index < -0.39 is 0 Å². The van der Waals surface area contributed by atoms with Crippen LogP contribution in [-0.2, 0) is 4.79 Å². The second-order valence-electron chi connectivity index (χ2n) is 5.18. The third kappa shape index (κ3) is 4.26. The monoisotopic (exact) mass is 300 g/mol. The Morgan fingerprint density at radius 3 is 2.57 bits per heavy atom. The molecule has 0 radical (unpaired) electrons. The maximum Gasteiger partial charge on any atom is 0.234 e. The third-order valence-corrected chi connectivity index (χ3v) is 4.40. The molecule has 0 aromatic heterocycles. The standard InChI is InChI=1S/C17H20N2OS/c1-11-4-5-13(3)16(8-11)21-10-17(20)19-15-9-14(18)7-6-12(15)2/h4-9H,10,18H2,1-3H3,(H,19,20). The number of rotatable bonds is 4. The maximum absolute atomic E-state index is 12.1. The number of nitrogens with one attached hydrogen (secondary N) is 1. The molecule has 0 saturated carbocycles. The smallest absolute Gasteiger partial charge is 0.234 e. The highest BCUT2D eigenvalue weighted by molar-refractivity contribution is 8.00. The molecular weight excluding hydrogens is 280 g/mol. The minimum atomic E-state index is -0.0189. The van der Waals surface area contributed by atoms with Crippen molar-refractivity contribution in [3.63, 3.8) is 0 Å². The Hall–Kier alpha value is -1.94. The zero-order chi connectivity index (χ0) is 15.4. The van der Waals surface area contributed by atoms with Gasteiger partial charge in [0.05, 0.1) is 5.75 Å². The second kappa shape index (κ2) is 6.68. The van der Waals surface area contributed by atoms with Gasteiger partial charge in [0.2, 0.25) is 5.91 Å². The Bertz CT molecular complexity index is 668. The summed E-state index contributed by atoms with van der Waals surface area (Å²) < 4.78 is 0. The molecule has 0 heterocycles. The first kappa shape index (κ1) is 15.4. The van der Waals surface area contributed by atoms with Gasteiger partial charge in [0.1, 0.15) is 0 Å². The molecule has 0 saturated heterocycles. The summed E-state index contributed by atoms with van der Waals surface area (Å²) in [4.78, 5) is 13.2. The van der Waals surface area contributed by atoms with Crippen LogP contribution in [0.4, 0.5) is 11.4 Å². The van der Waals surface area contributed by atoms with Crippen molar-refractivity contribution in [2.75, 3.05) is 16.8 Å². The molecule has 0 atom stereocenters. The largest absolute Gasteiger partial charge is 0.399 e. The van der Waals surface area contributed by atoms with Crippen LogP contribution in [0.2, 0.25) is 0 Å². The zero-order valence-corrected chi connectivity index (χ0v) is 13.4. The number of hydrogen-bond acceptors (Lipinski definition) is 3. The van der Waals surface area contributed by atoms with E-state index in [1.165, 1.54) is 11.1 Å². The van der Waals surface area contributed by atoms with Crippen LogP contribution in [0.15, 0.2) is 41.3 Å². The molecule has 2 rings (SSSR count). The SMILES string of the molecule is Cc1ccc(C)c(SCC(=O)Nc2cc(N)ccc2C)c1. The van der Waals surface area contributed by atoms with E-state index in [1.54, 1.807) is 17.8 Å². The molecule has 3 N–H and O–H groups in total. The fraction of sp³-hybridized carbons (Fsp3) is 0.235. The Morgan fingerprint density at radius 2 is 1.81 bits per heavy atom. The first-order chi connectivity index (χ1) is 9.95. The lowest BCUT2D eigenvalue weighted by Gasteiger charge is -2.10. The van der Waals surface area contributed by atoms with E-state index in [-0.39, 0.29) is 5.91 Å². The number of amides is 1. The fourth-order valence-electron chi connectivity index (χ4n) is 1.97. The lowest BCUT2D eigenvalue weighted by atomic mass is 10.2. The van der Waals surface area contributed by atoms with Crippen LogP contribution in [-0.4, -0.2) is 11.7 Å². The predicted molar refractivity (Wildman–Crippen MR) is 90.9 cm³/mol. The lowest BCUT2D eigenvalue weighted by molar-refractivity contribution is -0.113. The minimum Gasteiger partial charge on any atom is -0.399 e. The van der Waals surface area contributed by atoms with Crippen molar-refractivity contribution in [2.24, 2.45) is 0 Å². The van der Waals surface area contributed by atoms with E-state index in [4.69, 9.17) is 5.73 Å². The van der Waals surface area contributed by atoms with Gasteiger partial charge in [-0.25, -0.2) is 0 Å². The van der Waals surface area contributed by atoms with E-state index >= 15 is 0 Å². The summed E-state index contributed by atoms with van der Waals surface area (Å²) in [5.74, 6) is 0.369. The van der Waals surface area contributed by atoms with E-state index in [2.05, 4.69) is 37.4 Å². The molecule has 0 spiro atoms. The number of benzene rings is 2. The number of carbonyl (C=O) groups is 1. The first-order valence-electron chi connectivity index (χ1n) is 6.82. The second-order valence-corrected chi connectivity index (χ2v) is 6.20. The summed E-state index contributed by atoms with van der Waals surface area (Å²) in [6.07, 6.45) is 0. The topological polar surface area (TPSA) is 55.1 Å². The molecule has 0 unspecified atom stereocenters. The number of nitrogens with two attached hydrogens (primary N) is 1. The molecule has 4 heteroatoms. The van der Waals surface area contributed by atoms with Crippen molar-refractivity contribution in [1.29, 1.82) is 0 Å². The molecule has 0 aliphatic rings. The summed E-state index contributed by atoms with van der Waals surface area (Å²) in [6.45, 7) is 6.06. The van der Waals surface area contributed by atoms with Crippen LogP contribution in [0, 0.1) is 20.8 Å². The van der Waals surface area contributed by atoms with Gasteiger partial charge in [-0.15, -0.1) is 11.8 Å². The van der Waals surface area contributed by atoms with Crippen molar-refractivity contribution in [3.05, 3.63) is 53.1 Å². The maximum atomic E-state index is 12.1. The van der Waals surface area contributed by atoms with Gasteiger partial charge in [0.15, 0.2) is 0 Å². The molecule has 110 valence electrons. The summed E-state index contributed by atoms with van der Waals surface area (Å²) in [6, 6.07) is 11.8. The normalized spacial score (nSPS) is 10.4. The molecule has 2 aromatic rings. The number of nitrogen functional groups attached to an aromatic ring is 1. The Morgan fingerprint density at radius 1 is 1.10 bits per heavy atom. The van der Waals surface area contributed by atoms with Crippen LogP contribution >= 0.6 is 11.8 Å². The summed E-state index contributed by atoms with van der Waals surface area (Å²) >= 11 is 1.56. The Labute approximate surface area is 129 Å². The number of hydrogen-bond donors (Lipinski definition) is 2. The number of anilines is 2. The third-order valence-electron chi connectivity index (χ3n) is 3.24. The highest BCUT2D eigenvalue weighted by Gasteiger charge is 2.07. The van der Waals surface area contributed by atoms with Crippen LogP contribution in [0.3, 0.4) is 0 Å². The van der Waals surface area contributed by atoms with Crippen molar-refractivity contribution >= 4 is 29.0 Å². The van der Waals surface area contributed by atoms with Crippen LogP contribution < -0.4 is 11.1 Å². The van der Waals surface area contributed by atoms with Gasteiger partial charge < -0.3 is 11.1 Å². The molecule has 0 aliphatic carbocycles. The average molecular weight is 300 g/mol. The molecule has 2 aromatic carbocycles. The van der Waals surface area contributed by atoms with Gasteiger partial charge in [0.25, 0.3) is 0 Å². The Kier molecular flexibility index (Phi) is 4.91. The number of carbonyl (C=O) groups excluding carboxylic acids is 1. The lowest BCUT2D eigenvalue weighted by Crippen LogP contribution is -2.15. The van der Waals surface area contributed by atoms with Crippen molar-refractivity contribution in [3.8, 4) is 0 Å². The van der Waals surface area contributed by atoms with E-state index in [1.807, 2.05) is 19.1 Å². The molecule has 0 aliphatic heterocycles. The highest BCUT2D eigenvalue weighted by Crippen LogP contribution is 2.24. The number of aryl methyl sites for hydroxylation is 3. The number of thioether (sulfide) groups is 1. The van der Waals surface area contributed by atoms with Crippen molar-refractivity contribution in [2.45, 2.75) is 25.7 Å². The first-order valence-corrected chi connectivity index (χ1v) is 7.80. The minimum absolute atomic E-state index is 0.0189. The van der Waals surface area contributed by atoms with E-state index in [0.29, 0.717) is 11.4 Å². The molecule has 1 amide bonds. The van der Waals surface area contributed by atoms with Crippen molar-refractivity contribution < 1.29 is 4.79 Å². The van der Waals surface area contributed by atoms with Gasteiger partial charge in [-0.3, -0.25) is 4.79 Å². The van der Waals surface area contributed by atoms with Gasteiger partial charge in [-0.1, -0.05) is 23.8 Å². The highest BCUT2D eigenvalue weighted by atomic mass is 32.2.